The van der Waals surface area contributed by atoms with Gasteiger partial charge in [-0.05, 0) is 85.0 Å². The number of likely N-dealkylation sites (tertiary alicyclic amines) is 3. The number of carbonyl (C=O) groups excluding carboxylic acids is 3. The van der Waals surface area contributed by atoms with Crippen molar-refractivity contribution in [3.8, 4) is 29.7 Å². The largest absolute Gasteiger partial charge is 0.416 e. The fourth-order valence-corrected chi connectivity index (χ4v) is 7.74. The number of rotatable bonds is 7. The van der Waals surface area contributed by atoms with Crippen LogP contribution in [0.1, 0.15) is 24.8 Å². The van der Waals surface area contributed by atoms with Crippen LogP contribution in [0.25, 0.3) is 11.1 Å². The Morgan fingerprint density at radius 3 is 1.36 bits per heavy atom. The average molecular weight is 946 g/mol. The van der Waals surface area contributed by atoms with Crippen molar-refractivity contribution < 1.29 is 27.6 Å². The molecule has 6 amide bonds. The maximum Gasteiger partial charge on any atom is 0.416 e. The number of amides is 6. The fraction of sp³-hybridized carbons (Fsp3) is 0.348. The zero-order valence-corrected chi connectivity index (χ0v) is 38.0. The Kier molecular flexibility index (Phi) is 17.6. The summed E-state index contributed by atoms with van der Waals surface area (Å²) in [5.41, 5.74) is 3.07. The molecule has 0 spiro atoms. The molecule has 3 atom stereocenters. The van der Waals surface area contributed by atoms with Crippen molar-refractivity contribution in [2.75, 3.05) is 76.4 Å². The van der Waals surface area contributed by atoms with Gasteiger partial charge in [-0.25, -0.2) is 14.4 Å². The van der Waals surface area contributed by atoms with E-state index in [1.807, 2.05) is 48.7 Å². The lowest BCUT2D eigenvalue weighted by Gasteiger charge is -2.24. The lowest BCUT2D eigenvalue weighted by molar-refractivity contribution is -0.137. The third kappa shape index (κ3) is 14.0. The second-order valence-electron chi connectivity index (χ2n) is 15.7. The molecule has 3 fully saturated rings. The third-order valence-corrected chi connectivity index (χ3v) is 11.9. The van der Waals surface area contributed by atoms with Crippen molar-refractivity contribution in [1.29, 1.82) is 15.8 Å². The average Bonchev–Trinajstić information content (AvgIpc) is 4.12. The lowest BCUT2D eigenvalue weighted by Crippen LogP contribution is -2.41. The molecule has 4 aromatic rings. The smallest absolute Gasteiger partial charge is 0.323 e. The molecule has 0 aliphatic carbocycles. The highest BCUT2D eigenvalue weighted by molar-refractivity contribution is 6.36. The van der Waals surface area contributed by atoms with Gasteiger partial charge in [-0.15, -0.1) is 0 Å². The van der Waals surface area contributed by atoms with Gasteiger partial charge in [0.15, 0.2) is 18.6 Å². The normalized spacial score (nSPS) is 17.3. The van der Waals surface area contributed by atoms with Crippen molar-refractivity contribution >= 4 is 58.4 Å². The Hall–Kier alpha value is -7.07. The van der Waals surface area contributed by atoms with Crippen LogP contribution in [0.15, 0.2) is 97.1 Å². The molecule has 66 heavy (non-hydrogen) atoms. The van der Waals surface area contributed by atoms with Crippen LogP contribution < -0.4 is 16.0 Å². The number of benzene rings is 4. The minimum absolute atomic E-state index is 0.0284. The van der Waals surface area contributed by atoms with E-state index in [-0.39, 0.29) is 30.2 Å². The standard InChI is InChI=1S/C19H20N4O.C14H15F3N4O.C13H14Cl2N4O/c1-22(18-11-12-23(13-18)14-20)19(24)21-17-9-7-16(8-10-17)15-5-3-2-4-6-15;1-20(12-6-7-21(8-12)9-18)13(22)19-11-4-2-10(3-5-11)14(15,16)17;1-18(10-4-5-19(7-10)8-16)13(20)17-12-3-2-9(14)6-11(12)15/h2-10,18H,11-13H2,1H3,(H,21,24);2-5,12H,6-8H2,1H3,(H,19,22);2-3,6,10H,4-5,7H2,1H3,(H,17,20). The predicted molar refractivity (Wildman–Crippen MR) is 247 cm³/mol. The number of hydrogen-bond acceptors (Lipinski definition) is 9. The molecule has 3 aliphatic rings. The Labute approximate surface area is 392 Å². The first-order chi connectivity index (χ1) is 31.5. The van der Waals surface area contributed by atoms with Crippen molar-refractivity contribution in [3.05, 3.63) is 113 Å². The number of likely N-dealkylation sites (N-methyl/N-ethyl adjacent to an activating group) is 3. The van der Waals surface area contributed by atoms with Crippen LogP contribution >= 0.6 is 23.2 Å². The van der Waals surface area contributed by atoms with E-state index in [4.69, 9.17) is 39.0 Å². The summed E-state index contributed by atoms with van der Waals surface area (Å²) < 4.78 is 37.4. The molecule has 15 nitrogen and oxygen atoms in total. The molecule has 3 unspecified atom stereocenters. The monoisotopic (exact) mass is 944 g/mol. The summed E-state index contributed by atoms with van der Waals surface area (Å²) >= 11 is 11.8. The van der Waals surface area contributed by atoms with Gasteiger partial charge in [0.1, 0.15) is 0 Å². The molecule has 0 bridgehead atoms. The van der Waals surface area contributed by atoms with E-state index in [2.05, 4.69) is 40.5 Å². The first-order valence-corrected chi connectivity index (χ1v) is 21.6. The van der Waals surface area contributed by atoms with Crippen LogP contribution in [0.4, 0.5) is 44.6 Å². The van der Waals surface area contributed by atoms with Gasteiger partial charge >= 0.3 is 24.3 Å². The number of urea groups is 3. The molecular weight excluding hydrogens is 896 g/mol. The predicted octanol–water partition coefficient (Wildman–Crippen LogP) is 9.11. The Morgan fingerprint density at radius 1 is 0.591 bits per heavy atom. The maximum atomic E-state index is 12.5. The zero-order chi connectivity index (χ0) is 48.0. The highest BCUT2D eigenvalue weighted by atomic mass is 35.5. The number of nitrogens with zero attached hydrogens (tertiary/aromatic N) is 9. The first-order valence-electron chi connectivity index (χ1n) is 20.8. The zero-order valence-electron chi connectivity index (χ0n) is 36.5. The summed E-state index contributed by atoms with van der Waals surface area (Å²) in [6, 6.07) is 26.3. The number of halogens is 5. The molecule has 20 heteroatoms. The maximum absolute atomic E-state index is 12.5. The van der Waals surface area contributed by atoms with E-state index in [1.54, 1.807) is 63.8 Å². The molecule has 346 valence electrons. The van der Waals surface area contributed by atoms with E-state index in [1.165, 1.54) is 17.0 Å². The minimum atomic E-state index is -4.40. The van der Waals surface area contributed by atoms with Gasteiger partial charge in [0.25, 0.3) is 0 Å². The second-order valence-corrected chi connectivity index (χ2v) is 16.6. The number of anilines is 3. The topological polar surface area (TPSA) is 178 Å². The van der Waals surface area contributed by atoms with E-state index in [9.17, 15) is 27.6 Å². The molecule has 3 saturated heterocycles. The van der Waals surface area contributed by atoms with Gasteiger partial charge < -0.3 is 45.3 Å². The van der Waals surface area contributed by atoms with E-state index < -0.39 is 17.8 Å². The van der Waals surface area contributed by atoms with E-state index >= 15 is 0 Å². The number of hydrogen-bond donors (Lipinski definition) is 3. The third-order valence-electron chi connectivity index (χ3n) is 11.4. The quantitative estimate of drug-likeness (QED) is 0.153. The summed E-state index contributed by atoms with van der Waals surface area (Å²) in [5.74, 6) is 0. The van der Waals surface area contributed by atoms with Crippen molar-refractivity contribution in [2.24, 2.45) is 0 Å². The van der Waals surface area contributed by atoms with Crippen molar-refractivity contribution in [3.63, 3.8) is 0 Å². The molecule has 0 saturated carbocycles. The van der Waals surface area contributed by atoms with Crippen LogP contribution in [-0.4, -0.2) is 126 Å². The number of nitriles is 3. The van der Waals surface area contributed by atoms with Crippen LogP contribution in [-0.2, 0) is 6.18 Å². The van der Waals surface area contributed by atoms with Gasteiger partial charge in [0, 0.05) is 76.8 Å². The molecule has 3 aliphatic heterocycles. The van der Waals surface area contributed by atoms with Crippen LogP contribution in [0, 0.1) is 34.4 Å². The molecule has 4 aromatic carbocycles. The van der Waals surface area contributed by atoms with Gasteiger partial charge in [-0.1, -0.05) is 65.7 Å². The van der Waals surface area contributed by atoms with Crippen LogP contribution in [0.3, 0.4) is 0 Å². The molecule has 3 heterocycles. The summed E-state index contributed by atoms with van der Waals surface area (Å²) in [4.78, 5) is 46.2. The first kappa shape index (κ1) is 49.9. The summed E-state index contributed by atoms with van der Waals surface area (Å²) in [5, 5.41) is 35.7. The van der Waals surface area contributed by atoms with Crippen LogP contribution in [0.2, 0.25) is 10.0 Å². The fourth-order valence-electron chi connectivity index (χ4n) is 7.28. The molecule has 0 radical (unpaired) electrons. The molecular formula is C46H49Cl2F3N12O3. The van der Waals surface area contributed by atoms with Gasteiger partial charge in [0.2, 0.25) is 0 Å². The highest BCUT2D eigenvalue weighted by Gasteiger charge is 2.32. The van der Waals surface area contributed by atoms with Gasteiger partial charge in [0.05, 0.1) is 34.4 Å². The van der Waals surface area contributed by atoms with Crippen LogP contribution in [0.5, 0.6) is 0 Å². The SMILES string of the molecule is CN(C(=O)Nc1ccc(-c2ccccc2)cc1)C1CCN(C#N)C1.CN(C(=O)Nc1ccc(C(F)(F)F)cc1)C1CCN(C#N)C1.CN(C(=O)Nc1ccc(Cl)cc1Cl)C1CCN(C#N)C1. The second kappa shape index (κ2) is 23.2. The van der Waals surface area contributed by atoms with Crippen molar-refractivity contribution in [1.82, 2.24) is 29.4 Å². The van der Waals surface area contributed by atoms with Crippen molar-refractivity contribution in [2.45, 2.75) is 43.6 Å². The van der Waals surface area contributed by atoms with Gasteiger partial charge in [-0.2, -0.15) is 29.0 Å². The lowest BCUT2D eigenvalue weighted by atomic mass is 10.1. The molecule has 7 rings (SSSR count). The Balaban J connectivity index is 0.000000186. The Morgan fingerprint density at radius 2 is 0.985 bits per heavy atom. The minimum Gasteiger partial charge on any atom is -0.323 e. The van der Waals surface area contributed by atoms with Gasteiger partial charge in [-0.3, -0.25) is 0 Å². The molecule has 0 aromatic heterocycles. The number of nitrogens with one attached hydrogen (secondary N) is 3. The number of carbonyl (C=O) groups is 3. The van der Waals surface area contributed by atoms with E-state index in [0.29, 0.717) is 67.1 Å². The summed E-state index contributed by atoms with van der Waals surface area (Å²) in [7, 11) is 5.09. The summed E-state index contributed by atoms with van der Waals surface area (Å²) in [6.07, 6.45) is 4.15. The Bertz CT molecular complexity index is 2410. The number of alkyl halides is 3. The summed E-state index contributed by atoms with van der Waals surface area (Å²) in [6.45, 7) is 3.62. The highest BCUT2D eigenvalue weighted by Crippen LogP contribution is 2.30. The molecule has 3 N–H and O–H groups in total. The van der Waals surface area contributed by atoms with E-state index in [0.717, 1.165) is 41.8 Å².